The Morgan fingerprint density at radius 2 is 1.83 bits per heavy atom. The van der Waals surface area contributed by atoms with Crippen LogP contribution in [0.1, 0.15) is 11.7 Å². The molecular formula is C11H14O6S. The number of methoxy groups -OCH3 is 2. The third-order valence-electron chi connectivity index (χ3n) is 2.11. The first-order valence-electron chi connectivity index (χ1n) is 4.98. The first kappa shape index (κ1) is 14.5. The fourth-order valence-corrected chi connectivity index (χ4v) is 1.91. The Hall–Kier alpha value is -1.60. The highest BCUT2D eigenvalue weighted by Crippen LogP contribution is 2.29. The summed E-state index contributed by atoms with van der Waals surface area (Å²) in [5.74, 6) is -0.471. The lowest BCUT2D eigenvalue weighted by atomic mass is 10.1. The van der Waals surface area contributed by atoms with Crippen LogP contribution in [0.3, 0.4) is 0 Å². The van der Waals surface area contributed by atoms with Gasteiger partial charge in [0.05, 0.1) is 20.5 Å². The molecule has 0 saturated carbocycles. The van der Waals surface area contributed by atoms with E-state index in [2.05, 4.69) is 4.74 Å². The highest BCUT2D eigenvalue weighted by molar-refractivity contribution is 7.86. The molecule has 0 saturated heterocycles. The molecule has 0 spiro atoms. The normalized spacial score (nSPS) is 12.8. The van der Waals surface area contributed by atoms with Crippen LogP contribution in [-0.2, 0) is 23.8 Å². The first-order chi connectivity index (χ1) is 8.39. The Labute approximate surface area is 106 Å². The van der Waals surface area contributed by atoms with E-state index in [0.717, 1.165) is 13.4 Å². The molecule has 0 N–H and O–H groups in total. The number of hydrogen-bond acceptors (Lipinski definition) is 6. The van der Waals surface area contributed by atoms with Crippen LogP contribution in [0.4, 0.5) is 0 Å². The summed E-state index contributed by atoms with van der Waals surface area (Å²) in [6, 6.07) is 6.46. The van der Waals surface area contributed by atoms with Gasteiger partial charge in [-0.2, -0.15) is 8.42 Å². The zero-order valence-electron chi connectivity index (χ0n) is 10.2. The van der Waals surface area contributed by atoms with E-state index >= 15 is 0 Å². The van der Waals surface area contributed by atoms with Crippen LogP contribution in [-0.4, -0.2) is 34.9 Å². The standard InChI is InChI=1S/C11H14O6S/c1-15-9-7-5-4-6-8(9)10(11(12)16-2)17-18(3,13)14/h4-7,10H,1-3H3. The van der Waals surface area contributed by atoms with E-state index in [-0.39, 0.29) is 5.56 Å². The fraction of sp³-hybridized carbons (Fsp3) is 0.364. The Morgan fingerprint density at radius 1 is 1.22 bits per heavy atom. The van der Waals surface area contributed by atoms with Crippen molar-refractivity contribution in [3.63, 3.8) is 0 Å². The summed E-state index contributed by atoms with van der Waals surface area (Å²) in [7, 11) is -1.25. The van der Waals surface area contributed by atoms with E-state index < -0.39 is 22.2 Å². The van der Waals surface area contributed by atoms with Gasteiger partial charge in [-0.3, -0.25) is 0 Å². The summed E-state index contributed by atoms with van der Waals surface area (Å²) >= 11 is 0. The topological polar surface area (TPSA) is 78.9 Å². The average molecular weight is 274 g/mol. The molecule has 7 heteroatoms. The molecule has 1 rings (SSSR count). The third-order valence-corrected chi connectivity index (χ3v) is 2.65. The second-order valence-corrected chi connectivity index (χ2v) is 5.05. The summed E-state index contributed by atoms with van der Waals surface area (Å²) in [5.41, 5.74) is 0.289. The number of carbonyl (C=O) groups is 1. The van der Waals surface area contributed by atoms with E-state index in [4.69, 9.17) is 8.92 Å². The van der Waals surface area contributed by atoms with Crippen molar-refractivity contribution < 1.29 is 26.9 Å². The Kier molecular flexibility index (Phi) is 4.69. The maximum absolute atomic E-state index is 11.6. The highest BCUT2D eigenvalue weighted by Gasteiger charge is 2.29. The van der Waals surface area contributed by atoms with Crippen LogP contribution in [0, 0.1) is 0 Å². The van der Waals surface area contributed by atoms with Crippen molar-refractivity contribution in [2.24, 2.45) is 0 Å². The summed E-state index contributed by atoms with van der Waals surface area (Å²) in [6.45, 7) is 0. The van der Waals surface area contributed by atoms with Crippen molar-refractivity contribution in [1.82, 2.24) is 0 Å². The molecule has 0 aromatic heterocycles. The molecule has 1 unspecified atom stereocenters. The van der Waals surface area contributed by atoms with Gasteiger partial charge in [0.1, 0.15) is 5.75 Å². The molecule has 0 aliphatic heterocycles. The minimum atomic E-state index is -3.81. The van der Waals surface area contributed by atoms with E-state index in [1.165, 1.54) is 13.2 Å². The average Bonchev–Trinajstić information content (AvgIpc) is 2.34. The van der Waals surface area contributed by atoms with E-state index in [1.807, 2.05) is 0 Å². The minimum absolute atomic E-state index is 0.289. The summed E-state index contributed by atoms with van der Waals surface area (Å²) in [5, 5.41) is 0. The van der Waals surface area contributed by atoms with Gasteiger partial charge in [-0.25, -0.2) is 8.98 Å². The van der Waals surface area contributed by atoms with Crippen molar-refractivity contribution in [2.75, 3.05) is 20.5 Å². The molecule has 6 nitrogen and oxygen atoms in total. The molecule has 1 aromatic carbocycles. The SMILES string of the molecule is COC(=O)C(OS(C)(=O)=O)c1ccccc1OC. The third kappa shape index (κ3) is 3.71. The molecule has 0 aliphatic carbocycles. The van der Waals surface area contributed by atoms with Gasteiger partial charge >= 0.3 is 5.97 Å². The highest BCUT2D eigenvalue weighted by atomic mass is 32.2. The summed E-state index contributed by atoms with van der Waals surface area (Å²) in [4.78, 5) is 11.6. The Morgan fingerprint density at radius 3 is 2.33 bits per heavy atom. The molecule has 1 aromatic rings. The zero-order valence-corrected chi connectivity index (χ0v) is 11.1. The number of para-hydroxylation sites is 1. The predicted molar refractivity (Wildman–Crippen MR) is 63.7 cm³/mol. The summed E-state index contributed by atoms with van der Waals surface area (Å²) in [6.07, 6.45) is -0.514. The quantitative estimate of drug-likeness (QED) is 0.586. The molecule has 18 heavy (non-hydrogen) atoms. The number of carbonyl (C=O) groups excluding carboxylic acids is 1. The molecule has 1 atom stereocenters. The molecule has 100 valence electrons. The lowest BCUT2D eigenvalue weighted by Crippen LogP contribution is -2.21. The molecule has 0 fully saturated rings. The van der Waals surface area contributed by atoms with Gasteiger partial charge in [-0.1, -0.05) is 18.2 Å². The Bertz CT molecular complexity index is 522. The van der Waals surface area contributed by atoms with E-state index in [0.29, 0.717) is 5.75 Å². The second kappa shape index (κ2) is 5.83. The number of ether oxygens (including phenoxy) is 2. The van der Waals surface area contributed by atoms with Crippen LogP contribution in [0.15, 0.2) is 24.3 Å². The van der Waals surface area contributed by atoms with Crippen molar-refractivity contribution >= 4 is 16.1 Å². The van der Waals surface area contributed by atoms with Crippen LogP contribution >= 0.6 is 0 Å². The largest absolute Gasteiger partial charge is 0.496 e. The van der Waals surface area contributed by atoms with Gasteiger partial charge in [0.2, 0.25) is 6.10 Å². The van der Waals surface area contributed by atoms with Gasteiger partial charge in [0, 0.05) is 5.56 Å². The number of rotatable bonds is 5. The number of benzene rings is 1. The monoisotopic (exact) mass is 274 g/mol. The van der Waals surface area contributed by atoms with Gasteiger partial charge in [-0.05, 0) is 6.07 Å². The smallest absolute Gasteiger partial charge is 0.341 e. The molecule has 0 heterocycles. The van der Waals surface area contributed by atoms with Gasteiger partial charge < -0.3 is 9.47 Å². The first-order valence-corrected chi connectivity index (χ1v) is 6.79. The minimum Gasteiger partial charge on any atom is -0.496 e. The number of esters is 1. The van der Waals surface area contributed by atoms with E-state index in [1.54, 1.807) is 18.2 Å². The molecular weight excluding hydrogens is 260 g/mol. The molecule has 0 aliphatic rings. The van der Waals surface area contributed by atoms with E-state index in [9.17, 15) is 13.2 Å². The van der Waals surface area contributed by atoms with Crippen molar-refractivity contribution in [3.8, 4) is 5.75 Å². The molecule has 0 radical (unpaired) electrons. The van der Waals surface area contributed by atoms with Crippen molar-refractivity contribution in [1.29, 1.82) is 0 Å². The van der Waals surface area contributed by atoms with Gasteiger partial charge in [0.25, 0.3) is 10.1 Å². The van der Waals surface area contributed by atoms with Crippen molar-refractivity contribution in [2.45, 2.75) is 6.10 Å². The van der Waals surface area contributed by atoms with Gasteiger partial charge in [-0.15, -0.1) is 0 Å². The number of hydrogen-bond donors (Lipinski definition) is 0. The van der Waals surface area contributed by atoms with Crippen LogP contribution < -0.4 is 4.74 Å². The van der Waals surface area contributed by atoms with Gasteiger partial charge in [0.15, 0.2) is 0 Å². The lowest BCUT2D eigenvalue weighted by Gasteiger charge is -2.16. The predicted octanol–water partition coefficient (Wildman–Crippen LogP) is 0.886. The molecule has 0 amide bonds. The maximum atomic E-state index is 11.6. The van der Waals surface area contributed by atoms with Crippen LogP contribution in [0.5, 0.6) is 5.75 Å². The Balaban J connectivity index is 3.21. The maximum Gasteiger partial charge on any atom is 0.341 e. The lowest BCUT2D eigenvalue weighted by molar-refractivity contribution is -0.149. The second-order valence-electron chi connectivity index (χ2n) is 3.45. The molecule has 0 bridgehead atoms. The fourth-order valence-electron chi connectivity index (χ4n) is 1.38. The summed E-state index contributed by atoms with van der Waals surface area (Å²) < 4.78 is 36.6. The van der Waals surface area contributed by atoms with Crippen molar-refractivity contribution in [3.05, 3.63) is 29.8 Å². The van der Waals surface area contributed by atoms with Crippen LogP contribution in [0.2, 0.25) is 0 Å². The van der Waals surface area contributed by atoms with Crippen LogP contribution in [0.25, 0.3) is 0 Å². The zero-order chi connectivity index (χ0) is 13.8.